The molecule has 84 valence electrons. The zero-order valence-electron chi connectivity index (χ0n) is 8.79. The van der Waals surface area contributed by atoms with Gasteiger partial charge >= 0.3 is 0 Å². The van der Waals surface area contributed by atoms with Gasteiger partial charge in [0.25, 0.3) is 5.56 Å². The second-order valence-corrected chi connectivity index (χ2v) is 3.50. The van der Waals surface area contributed by atoms with Crippen molar-refractivity contribution in [2.75, 3.05) is 5.43 Å². The highest BCUT2D eigenvalue weighted by atomic mass is 16.1. The van der Waals surface area contributed by atoms with Gasteiger partial charge in [0.05, 0.1) is 18.2 Å². The number of nitrogens with one attached hydrogen (secondary N) is 2. The van der Waals surface area contributed by atoms with Crippen LogP contribution in [0, 0.1) is 0 Å². The Morgan fingerprint density at radius 1 is 1.24 bits per heavy atom. The molecule has 0 amide bonds. The quantitative estimate of drug-likeness (QED) is 0.684. The van der Waals surface area contributed by atoms with Crippen molar-refractivity contribution >= 4 is 16.7 Å². The van der Waals surface area contributed by atoms with Gasteiger partial charge in [0.2, 0.25) is 0 Å². The van der Waals surface area contributed by atoms with Crippen molar-refractivity contribution < 1.29 is 0 Å². The van der Waals surface area contributed by atoms with E-state index >= 15 is 0 Å². The Morgan fingerprint density at radius 2 is 2.06 bits per heavy atom. The van der Waals surface area contributed by atoms with Crippen molar-refractivity contribution in [3.8, 4) is 0 Å². The minimum absolute atomic E-state index is 0.198. The van der Waals surface area contributed by atoms with Crippen LogP contribution in [-0.4, -0.2) is 19.9 Å². The van der Waals surface area contributed by atoms with Crippen LogP contribution in [0.25, 0.3) is 11.0 Å². The number of nitrogens with zero attached hydrogens (tertiary/aromatic N) is 3. The maximum Gasteiger partial charge on any atom is 0.261 e. The number of fused-ring (bicyclic) bond motifs is 1. The average Bonchev–Trinajstić information content (AvgIpc) is 2.76. The lowest BCUT2D eigenvalue weighted by Gasteiger charge is -2.05. The number of aromatic nitrogens is 4. The van der Waals surface area contributed by atoms with E-state index in [9.17, 15) is 4.79 Å². The molecular formula is C11H9N5O. The molecule has 0 saturated carbocycles. The highest BCUT2D eigenvalue weighted by Gasteiger charge is 2.06. The van der Waals surface area contributed by atoms with Gasteiger partial charge in [0.15, 0.2) is 5.65 Å². The van der Waals surface area contributed by atoms with Crippen LogP contribution in [0.3, 0.4) is 0 Å². The molecule has 0 aliphatic heterocycles. The van der Waals surface area contributed by atoms with Gasteiger partial charge in [0, 0.05) is 0 Å². The zero-order chi connectivity index (χ0) is 11.7. The Kier molecular flexibility index (Phi) is 2.11. The van der Waals surface area contributed by atoms with E-state index < -0.39 is 0 Å². The first kappa shape index (κ1) is 9.59. The summed E-state index contributed by atoms with van der Waals surface area (Å²) >= 11 is 0. The first-order valence-corrected chi connectivity index (χ1v) is 5.08. The summed E-state index contributed by atoms with van der Waals surface area (Å²) in [6.07, 6.45) is 2.84. The summed E-state index contributed by atoms with van der Waals surface area (Å²) in [4.78, 5) is 19.5. The molecule has 0 unspecified atom stereocenters. The minimum atomic E-state index is -0.198. The molecule has 0 bridgehead atoms. The van der Waals surface area contributed by atoms with Gasteiger partial charge in [-0.1, -0.05) is 18.2 Å². The number of H-pyrrole nitrogens is 1. The van der Waals surface area contributed by atoms with Crippen molar-refractivity contribution in [3.63, 3.8) is 0 Å². The summed E-state index contributed by atoms with van der Waals surface area (Å²) < 4.78 is 0. The van der Waals surface area contributed by atoms with E-state index in [4.69, 9.17) is 0 Å². The summed E-state index contributed by atoms with van der Waals surface area (Å²) in [6, 6.07) is 9.55. The Morgan fingerprint density at radius 3 is 2.88 bits per heavy atom. The predicted molar refractivity (Wildman–Crippen MR) is 63.6 cm³/mol. The smallest absolute Gasteiger partial charge is 0.261 e. The van der Waals surface area contributed by atoms with E-state index in [-0.39, 0.29) is 5.56 Å². The second kappa shape index (κ2) is 3.75. The third-order valence-electron chi connectivity index (χ3n) is 2.38. The van der Waals surface area contributed by atoms with Gasteiger partial charge in [-0.15, -0.1) is 0 Å². The molecular weight excluding hydrogens is 218 g/mol. The zero-order valence-corrected chi connectivity index (χ0v) is 8.79. The number of anilines is 1. The van der Waals surface area contributed by atoms with Crippen LogP contribution in [0.1, 0.15) is 0 Å². The number of benzene rings is 1. The number of rotatable bonds is 2. The Hall–Kier alpha value is -2.63. The molecule has 6 heteroatoms. The number of aromatic amines is 1. The third-order valence-corrected chi connectivity index (χ3v) is 2.38. The van der Waals surface area contributed by atoms with Crippen LogP contribution >= 0.6 is 0 Å². The highest BCUT2D eigenvalue weighted by Crippen LogP contribution is 2.08. The maximum absolute atomic E-state index is 11.5. The molecule has 0 atom stereocenters. The molecule has 0 saturated heterocycles. The molecule has 3 aromatic rings. The third kappa shape index (κ3) is 1.65. The SMILES string of the molecule is O=c1[nH]cnc2c1cnn2Nc1ccccc1. The topological polar surface area (TPSA) is 75.6 Å². The summed E-state index contributed by atoms with van der Waals surface area (Å²) in [5, 5.41) is 4.53. The molecule has 2 aromatic heterocycles. The Bertz CT molecular complexity index is 700. The van der Waals surface area contributed by atoms with Crippen LogP contribution in [0.5, 0.6) is 0 Å². The van der Waals surface area contributed by atoms with E-state index in [2.05, 4.69) is 20.5 Å². The van der Waals surface area contributed by atoms with E-state index in [0.29, 0.717) is 11.0 Å². The first-order chi connectivity index (χ1) is 8.34. The maximum atomic E-state index is 11.5. The second-order valence-electron chi connectivity index (χ2n) is 3.50. The molecule has 0 radical (unpaired) electrons. The van der Waals surface area contributed by atoms with Gasteiger partial charge in [-0.05, 0) is 12.1 Å². The number of para-hydroxylation sites is 1. The summed E-state index contributed by atoms with van der Waals surface area (Å²) in [7, 11) is 0. The molecule has 0 fully saturated rings. The average molecular weight is 227 g/mol. The predicted octanol–water partition coefficient (Wildman–Crippen LogP) is 0.995. The van der Waals surface area contributed by atoms with Gasteiger partial charge < -0.3 is 4.98 Å². The van der Waals surface area contributed by atoms with Crippen molar-refractivity contribution in [1.82, 2.24) is 19.9 Å². The molecule has 1 aromatic carbocycles. The molecule has 6 nitrogen and oxygen atoms in total. The lowest BCUT2D eigenvalue weighted by molar-refractivity contribution is 0.820. The summed E-state index contributed by atoms with van der Waals surface area (Å²) in [5.74, 6) is 0. The normalized spacial score (nSPS) is 10.6. The van der Waals surface area contributed by atoms with Gasteiger partial charge in [-0.2, -0.15) is 9.89 Å². The number of hydrogen-bond acceptors (Lipinski definition) is 4. The van der Waals surface area contributed by atoms with Crippen LogP contribution in [-0.2, 0) is 0 Å². The largest absolute Gasteiger partial charge is 0.312 e. The van der Waals surface area contributed by atoms with E-state index in [1.165, 1.54) is 17.3 Å². The fraction of sp³-hybridized carbons (Fsp3) is 0. The highest BCUT2D eigenvalue weighted by molar-refractivity contribution is 5.73. The summed E-state index contributed by atoms with van der Waals surface area (Å²) in [5.41, 5.74) is 4.22. The van der Waals surface area contributed by atoms with Crippen molar-refractivity contribution in [3.05, 3.63) is 53.2 Å². The molecule has 0 aliphatic rings. The standard InChI is InChI=1S/C11H9N5O/c17-11-9-6-14-16(10(9)12-7-13-11)15-8-4-2-1-3-5-8/h1-7,15H,(H,12,13,17). The fourth-order valence-corrected chi connectivity index (χ4v) is 1.57. The number of hydrogen-bond donors (Lipinski definition) is 2. The van der Waals surface area contributed by atoms with Crippen LogP contribution < -0.4 is 11.0 Å². The molecule has 0 spiro atoms. The summed E-state index contributed by atoms with van der Waals surface area (Å²) in [6.45, 7) is 0. The van der Waals surface area contributed by atoms with Gasteiger partial charge in [-0.25, -0.2) is 4.98 Å². The molecule has 2 heterocycles. The Labute approximate surface area is 95.9 Å². The van der Waals surface area contributed by atoms with Crippen molar-refractivity contribution in [1.29, 1.82) is 0 Å². The molecule has 3 rings (SSSR count). The first-order valence-electron chi connectivity index (χ1n) is 5.08. The Balaban J connectivity index is 2.08. The monoisotopic (exact) mass is 227 g/mol. The van der Waals surface area contributed by atoms with Gasteiger partial charge in [0.1, 0.15) is 5.39 Å². The molecule has 2 N–H and O–H groups in total. The van der Waals surface area contributed by atoms with Crippen LogP contribution in [0.4, 0.5) is 5.69 Å². The van der Waals surface area contributed by atoms with E-state index in [1.54, 1.807) is 0 Å². The van der Waals surface area contributed by atoms with Crippen LogP contribution in [0.2, 0.25) is 0 Å². The minimum Gasteiger partial charge on any atom is -0.312 e. The van der Waals surface area contributed by atoms with Crippen molar-refractivity contribution in [2.24, 2.45) is 0 Å². The fourth-order valence-electron chi connectivity index (χ4n) is 1.57. The lowest BCUT2D eigenvalue weighted by Crippen LogP contribution is -2.13. The van der Waals surface area contributed by atoms with Gasteiger partial charge in [-0.3, -0.25) is 10.2 Å². The van der Waals surface area contributed by atoms with Crippen molar-refractivity contribution in [2.45, 2.75) is 0 Å². The van der Waals surface area contributed by atoms with E-state index in [1.807, 2.05) is 30.3 Å². The lowest BCUT2D eigenvalue weighted by atomic mass is 10.3. The molecule has 0 aliphatic carbocycles. The van der Waals surface area contributed by atoms with Crippen LogP contribution in [0.15, 0.2) is 47.7 Å². The molecule has 17 heavy (non-hydrogen) atoms. The van der Waals surface area contributed by atoms with E-state index in [0.717, 1.165) is 5.69 Å².